The van der Waals surface area contributed by atoms with Gasteiger partial charge in [0.2, 0.25) is 0 Å². The molecule has 2 aromatic rings. The Balaban J connectivity index is 1.36. The van der Waals surface area contributed by atoms with Crippen LogP contribution in [0.3, 0.4) is 0 Å². The van der Waals surface area contributed by atoms with E-state index >= 15 is 0 Å². The summed E-state index contributed by atoms with van der Waals surface area (Å²) < 4.78 is 5.74. The van der Waals surface area contributed by atoms with Gasteiger partial charge in [0.25, 0.3) is 0 Å². The fraction of sp³-hybridized carbons (Fsp3) is 0.458. The molecular weight excluding hydrogens is 364 g/mol. The molecule has 1 heterocycles. The number of benzene rings is 2. The third kappa shape index (κ3) is 4.16. The molecule has 5 heteroatoms. The lowest BCUT2D eigenvalue weighted by atomic mass is 9.88. The van der Waals surface area contributed by atoms with Crippen molar-refractivity contribution in [1.29, 1.82) is 0 Å². The average molecular weight is 395 g/mol. The average Bonchev–Trinajstić information content (AvgIpc) is 3.05. The lowest BCUT2D eigenvalue weighted by molar-refractivity contribution is -0.0301. The SMILES string of the molecule is CN(C)CCC1(O)CCN(C(=O)OCC2c3ccccc3-c3ccccc32)CC1. The molecule has 1 fully saturated rings. The van der Waals surface area contributed by atoms with Crippen molar-refractivity contribution in [3.63, 3.8) is 0 Å². The van der Waals surface area contributed by atoms with Crippen LogP contribution in [-0.2, 0) is 4.74 Å². The molecule has 0 spiro atoms. The maximum Gasteiger partial charge on any atom is 0.409 e. The molecule has 4 rings (SSSR count). The normalized spacial score (nSPS) is 17.9. The number of amides is 1. The fourth-order valence-corrected chi connectivity index (χ4v) is 4.47. The Kier molecular flexibility index (Phi) is 5.61. The summed E-state index contributed by atoms with van der Waals surface area (Å²) in [6.45, 7) is 2.27. The van der Waals surface area contributed by atoms with E-state index in [0.717, 1.165) is 13.0 Å². The predicted octanol–water partition coefficient (Wildman–Crippen LogP) is 3.71. The summed E-state index contributed by atoms with van der Waals surface area (Å²) in [4.78, 5) is 16.5. The van der Waals surface area contributed by atoms with Gasteiger partial charge >= 0.3 is 6.09 Å². The number of rotatable bonds is 5. The van der Waals surface area contributed by atoms with Crippen LogP contribution in [0.5, 0.6) is 0 Å². The predicted molar refractivity (Wildman–Crippen MR) is 114 cm³/mol. The zero-order chi connectivity index (χ0) is 20.4. The summed E-state index contributed by atoms with van der Waals surface area (Å²) in [5.74, 6) is 0.0770. The van der Waals surface area contributed by atoms with Crippen molar-refractivity contribution < 1.29 is 14.6 Å². The Hall–Kier alpha value is -2.37. The topological polar surface area (TPSA) is 53.0 Å². The summed E-state index contributed by atoms with van der Waals surface area (Å²) >= 11 is 0. The Labute approximate surface area is 172 Å². The number of ether oxygens (including phenoxy) is 1. The largest absolute Gasteiger partial charge is 0.448 e. The molecule has 0 unspecified atom stereocenters. The number of fused-ring (bicyclic) bond motifs is 3. The molecule has 154 valence electrons. The maximum atomic E-state index is 12.7. The molecule has 2 aliphatic rings. The molecule has 0 bridgehead atoms. The quantitative estimate of drug-likeness (QED) is 0.840. The molecule has 0 saturated carbocycles. The molecule has 1 N–H and O–H groups in total. The number of aliphatic hydroxyl groups is 1. The van der Waals surface area contributed by atoms with Gasteiger partial charge in [-0.3, -0.25) is 0 Å². The van der Waals surface area contributed by atoms with Gasteiger partial charge in [-0.25, -0.2) is 4.79 Å². The van der Waals surface area contributed by atoms with Crippen LogP contribution in [0.2, 0.25) is 0 Å². The Morgan fingerprint density at radius 3 is 2.17 bits per heavy atom. The van der Waals surface area contributed by atoms with Crippen LogP contribution >= 0.6 is 0 Å². The Bertz CT molecular complexity index is 826. The van der Waals surface area contributed by atoms with Crippen molar-refractivity contribution in [2.45, 2.75) is 30.8 Å². The monoisotopic (exact) mass is 394 g/mol. The lowest BCUT2D eigenvalue weighted by Crippen LogP contribution is -2.48. The van der Waals surface area contributed by atoms with Crippen LogP contribution < -0.4 is 0 Å². The van der Waals surface area contributed by atoms with Crippen molar-refractivity contribution >= 4 is 6.09 Å². The van der Waals surface area contributed by atoms with E-state index in [1.165, 1.54) is 22.3 Å². The highest BCUT2D eigenvalue weighted by Gasteiger charge is 2.35. The Morgan fingerprint density at radius 2 is 1.62 bits per heavy atom. The first-order chi connectivity index (χ1) is 14.0. The van der Waals surface area contributed by atoms with E-state index in [2.05, 4.69) is 41.3 Å². The number of carbonyl (C=O) groups is 1. The van der Waals surface area contributed by atoms with E-state index in [1.807, 2.05) is 26.2 Å². The minimum atomic E-state index is -0.676. The van der Waals surface area contributed by atoms with Gasteiger partial charge in [0.05, 0.1) is 5.60 Å². The highest BCUT2D eigenvalue weighted by atomic mass is 16.6. The molecule has 1 aliphatic carbocycles. The van der Waals surface area contributed by atoms with Gasteiger partial charge in [0.1, 0.15) is 6.61 Å². The van der Waals surface area contributed by atoms with Crippen LogP contribution in [0.25, 0.3) is 11.1 Å². The molecule has 0 aromatic heterocycles. The summed E-state index contributed by atoms with van der Waals surface area (Å²) in [6, 6.07) is 16.7. The molecule has 0 radical (unpaired) electrons. The number of hydrogen-bond acceptors (Lipinski definition) is 4. The summed E-state index contributed by atoms with van der Waals surface area (Å²) in [7, 11) is 4.02. The van der Waals surface area contributed by atoms with Crippen LogP contribution in [0.4, 0.5) is 4.79 Å². The molecule has 1 saturated heterocycles. The van der Waals surface area contributed by atoms with E-state index in [0.29, 0.717) is 32.5 Å². The zero-order valence-corrected chi connectivity index (χ0v) is 17.3. The highest BCUT2D eigenvalue weighted by molar-refractivity contribution is 5.79. The van der Waals surface area contributed by atoms with Gasteiger partial charge < -0.3 is 19.6 Å². The van der Waals surface area contributed by atoms with Gasteiger partial charge in [-0.2, -0.15) is 0 Å². The van der Waals surface area contributed by atoms with Crippen LogP contribution in [0.15, 0.2) is 48.5 Å². The van der Waals surface area contributed by atoms with Gasteiger partial charge in [0.15, 0.2) is 0 Å². The second-order valence-corrected chi connectivity index (χ2v) is 8.57. The van der Waals surface area contributed by atoms with E-state index in [1.54, 1.807) is 4.90 Å². The minimum Gasteiger partial charge on any atom is -0.448 e. The maximum absolute atomic E-state index is 12.7. The molecule has 1 aliphatic heterocycles. The van der Waals surface area contributed by atoms with Crippen molar-refractivity contribution in [3.8, 4) is 11.1 Å². The first-order valence-corrected chi connectivity index (χ1v) is 10.4. The number of carbonyl (C=O) groups excluding carboxylic acids is 1. The number of likely N-dealkylation sites (tertiary alicyclic amines) is 1. The minimum absolute atomic E-state index is 0.0770. The smallest absolute Gasteiger partial charge is 0.409 e. The number of hydrogen-bond donors (Lipinski definition) is 1. The number of piperidine rings is 1. The van der Waals surface area contributed by atoms with Crippen molar-refractivity contribution in [1.82, 2.24) is 9.80 Å². The third-order valence-electron chi connectivity index (χ3n) is 6.31. The third-order valence-corrected chi connectivity index (χ3v) is 6.31. The van der Waals surface area contributed by atoms with Crippen LogP contribution in [0.1, 0.15) is 36.3 Å². The van der Waals surface area contributed by atoms with E-state index in [-0.39, 0.29) is 12.0 Å². The van der Waals surface area contributed by atoms with E-state index < -0.39 is 5.60 Å². The molecule has 1 amide bonds. The molecule has 5 nitrogen and oxygen atoms in total. The molecule has 29 heavy (non-hydrogen) atoms. The first-order valence-electron chi connectivity index (χ1n) is 10.4. The van der Waals surface area contributed by atoms with Crippen molar-refractivity contribution in [2.75, 3.05) is 40.3 Å². The first kappa shape index (κ1) is 19.9. The van der Waals surface area contributed by atoms with E-state index in [4.69, 9.17) is 4.74 Å². The van der Waals surface area contributed by atoms with E-state index in [9.17, 15) is 9.90 Å². The number of nitrogens with zero attached hydrogens (tertiary/aromatic N) is 2. The second kappa shape index (κ2) is 8.17. The summed E-state index contributed by atoms with van der Waals surface area (Å²) in [5.41, 5.74) is 4.22. The lowest BCUT2D eigenvalue weighted by Gasteiger charge is -2.38. The fourth-order valence-electron chi connectivity index (χ4n) is 4.47. The van der Waals surface area contributed by atoms with Crippen LogP contribution in [0, 0.1) is 0 Å². The molecule has 0 atom stereocenters. The zero-order valence-electron chi connectivity index (χ0n) is 17.3. The second-order valence-electron chi connectivity index (χ2n) is 8.57. The van der Waals surface area contributed by atoms with Crippen molar-refractivity contribution in [3.05, 3.63) is 59.7 Å². The highest BCUT2D eigenvalue weighted by Crippen LogP contribution is 2.44. The van der Waals surface area contributed by atoms with Crippen molar-refractivity contribution in [2.24, 2.45) is 0 Å². The van der Waals surface area contributed by atoms with Gasteiger partial charge in [0, 0.05) is 25.6 Å². The molecular formula is C24H30N2O3. The molecule has 2 aromatic carbocycles. The van der Waals surface area contributed by atoms with Gasteiger partial charge in [-0.15, -0.1) is 0 Å². The summed E-state index contributed by atoms with van der Waals surface area (Å²) in [6.07, 6.45) is 1.66. The van der Waals surface area contributed by atoms with Crippen LogP contribution in [-0.4, -0.2) is 66.9 Å². The van der Waals surface area contributed by atoms with Gasteiger partial charge in [-0.05, 0) is 55.6 Å². The Morgan fingerprint density at radius 1 is 1.07 bits per heavy atom. The van der Waals surface area contributed by atoms with Gasteiger partial charge in [-0.1, -0.05) is 48.5 Å². The summed E-state index contributed by atoms with van der Waals surface area (Å²) in [5, 5.41) is 10.7. The standard InChI is InChI=1S/C24H30N2O3/c1-25(2)14-11-24(28)12-15-26(16-13-24)23(27)29-17-22-20-9-5-3-7-18(20)19-8-4-6-10-21(19)22/h3-10,22,28H,11-17H2,1-2H3.